The minimum Gasteiger partial charge on any atom is -0.342 e. The van der Waals surface area contributed by atoms with Gasteiger partial charge in [0, 0.05) is 26.2 Å². The van der Waals surface area contributed by atoms with E-state index in [1.807, 2.05) is 54.3 Å². The molecule has 0 radical (unpaired) electrons. The monoisotopic (exact) mass is 433 g/mol. The maximum Gasteiger partial charge on any atom is 0.255 e. The third kappa shape index (κ3) is 5.01. The fourth-order valence-corrected chi connectivity index (χ4v) is 4.63. The summed E-state index contributed by atoms with van der Waals surface area (Å²) >= 11 is 0. The lowest BCUT2D eigenvalue weighted by Gasteiger charge is -2.32. The molecule has 32 heavy (non-hydrogen) atoms. The van der Waals surface area contributed by atoms with Crippen molar-refractivity contribution in [1.29, 1.82) is 0 Å². The first kappa shape index (κ1) is 22.1. The summed E-state index contributed by atoms with van der Waals surface area (Å²) in [6, 6.07) is 15.2. The number of nitrogens with zero attached hydrogens (tertiary/aromatic N) is 2. The van der Waals surface area contributed by atoms with Crippen LogP contribution in [0.2, 0.25) is 0 Å². The highest BCUT2D eigenvalue weighted by molar-refractivity contribution is 6.05. The number of amides is 3. The SMILES string of the molecule is Cc1cccc(C(=O)N2CCCC2)c1NC(=O)C1CCCN(C(=O)Cc2ccccc2)C1. The predicted octanol–water partition coefficient (Wildman–Crippen LogP) is 3.65. The van der Waals surface area contributed by atoms with E-state index in [-0.39, 0.29) is 23.6 Å². The number of benzene rings is 2. The molecule has 0 saturated carbocycles. The number of nitrogens with one attached hydrogen (secondary N) is 1. The van der Waals surface area contributed by atoms with Crippen LogP contribution in [0.15, 0.2) is 48.5 Å². The van der Waals surface area contributed by atoms with Gasteiger partial charge in [0.1, 0.15) is 0 Å². The van der Waals surface area contributed by atoms with Crippen LogP contribution in [0.4, 0.5) is 5.69 Å². The third-order valence-corrected chi connectivity index (χ3v) is 6.49. The van der Waals surface area contributed by atoms with Crippen LogP contribution in [0.1, 0.15) is 47.2 Å². The molecule has 3 amide bonds. The van der Waals surface area contributed by atoms with E-state index in [9.17, 15) is 14.4 Å². The van der Waals surface area contributed by atoms with Crippen LogP contribution >= 0.6 is 0 Å². The number of hydrogen-bond acceptors (Lipinski definition) is 3. The Morgan fingerprint density at radius 3 is 2.38 bits per heavy atom. The molecular weight excluding hydrogens is 402 g/mol. The van der Waals surface area contributed by atoms with Gasteiger partial charge in [-0.15, -0.1) is 0 Å². The molecule has 2 aliphatic heterocycles. The van der Waals surface area contributed by atoms with Gasteiger partial charge in [0.15, 0.2) is 0 Å². The molecule has 6 heteroatoms. The Morgan fingerprint density at radius 1 is 0.906 bits per heavy atom. The Bertz CT molecular complexity index is 983. The van der Waals surface area contributed by atoms with Crippen molar-refractivity contribution in [2.75, 3.05) is 31.5 Å². The van der Waals surface area contributed by atoms with E-state index in [0.717, 1.165) is 49.9 Å². The summed E-state index contributed by atoms with van der Waals surface area (Å²) in [6.07, 6.45) is 3.93. The van der Waals surface area contributed by atoms with Gasteiger partial charge in [-0.3, -0.25) is 14.4 Å². The highest BCUT2D eigenvalue weighted by Gasteiger charge is 2.30. The summed E-state index contributed by atoms with van der Waals surface area (Å²) in [5.74, 6) is -0.371. The average Bonchev–Trinajstić information content (AvgIpc) is 3.36. The fourth-order valence-electron chi connectivity index (χ4n) is 4.63. The quantitative estimate of drug-likeness (QED) is 0.783. The molecule has 168 valence electrons. The minimum absolute atomic E-state index is 0.0233. The molecule has 2 aromatic carbocycles. The van der Waals surface area contributed by atoms with Crippen LogP contribution < -0.4 is 5.32 Å². The molecule has 2 fully saturated rings. The zero-order chi connectivity index (χ0) is 22.5. The van der Waals surface area contributed by atoms with Gasteiger partial charge in [0.25, 0.3) is 5.91 Å². The highest BCUT2D eigenvalue weighted by atomic mass is 16.2. The van der Waals surface area contributed by atoms with Crippen molar-refractivity contribution in [1.82, 2.24) is 9.80 Å². The first-order valence-electron chi connectivity index (χ1n) is 11.5. The molecule has 0 spiro atoms. The molecule has 2 saturated heterocycles. The van der Waals surface area contributed by atoms with Crippen LogP contribution in [0, 0.1) is 12.8 Å². The van der Waals surface area contributed by atoms with Crippen LogP contribution in [0.3, 0.4) is 0 Å². The van der Waals surface area contributed by atoms with Crippen LogP contribution in [0.5, 0.6) is 0 Å². The van der Waals surface area contributed by atoms with E-state index < -0.39 is 0 Å². The van der Waals surface area contributed by atoms with E-state index in [0.29, 0.717) is 30.8 Å². The summed E-state index contributed by atoms with van der Waals surface area (Å²) in [7, 11) is 0. The molecule has 0 aliphatic carbocycles. The molecule has 2 aliphatic rings. The molecule has 0 bridgehead atoms. The number of piperidine rings is 1. The number of anilines is 1. The number of aryl methyl sites for hydroxylation is 1. The number of carbonyl (C=O) groups is 3. The van der Waals surface area contributed by atoms with Crippen molar-refractivity contribution >= 4 is 23.4 Å². The van der Waals surface area contributed by atoms with E-state index >= 15 is 0 Å². The Morgan fingerprint density at radius 2 is 1.62 bits per heavy atom. The van der Waals surface area contributed by atoms with Crippen molar-refractivity contribution in [3.05, 3.63) is 65.2 Å². The number of likely N-dealkylation sites (tertiary alicyclic amines) is 2. The highest BCUT2D eigenvalue weighted by Crippen LogP contribution is 2.26. The average molecular weight is 434 g/mol. The van der Waals surface area contributed by atoms with Crippen LogP contribution in [-0.2, 0) is 16.0 Å². The normalized spacial score (nSPS) is 18.5. The van der Waals surface area contributed by atoms with Gasteiger partial charge in [0.2, 0.25) is 11.8 Å². The summed E-state index contributed by atoms with van der Waals surface area (Å²) < 4.78 is 0. The van der Waals surface area contributed by atoms with Crippen molar-refractivity contribution in [3.63, 3.8) is 0 Å². The lowest BCUT2D eigenvalue weighted by molar-refractivity contribution is -0.133. The second kappa shape index (κ2) is 9.98. The zero-order valence-corrected chi connectivity index (χ0v) is 18.7. The lowest BCUT2D eigenvalue weighted by Crippen LogP contribution is -2.44. The van der Waals surface area contributed by atoms with Crippen molar-refractivity contribution in [3.8, 4) is 0 Å². The molecule has 2 heterocycles. The molecule has 0 aromatic heterocycles. The van der Waals surface area contributed by atoms with Gasteiger partial charge < -0.3 is 15.1 Å². The Labute approximate surface area is 189 Å². The summed E-state index contributed by atoms with van der Waals surface area (Å²) in [6.45, 7) is 4.53. The number of para-hydroxylation sites is 1. The zero-order valence-electron chi connectivity index (χ0n) is 18.7. The number of hydrogen-bond donors (Lipinski definition) is 1. The van der Waals surface area contributed by atoms with Gasteiger partial charge in [-0.1, -0.05) is 42.5 Å². The first-order valence-corrected chi connectivity index (χ1v) is 11.5. The number of carbonyl (C=O) groups excluding carboxylic acids is 3. The Balaban J connectivity index is 1.43. The molecule has 4 rings (SSSR count). The van der Waals surface area contributed by atoms with E-state index in [1.165, 1.54) is 0 Å². The fraction of sp³-hybridized carbons (Fsp3) is 0.423. The molecule has 1 N–H and O–H groups in total. The van der Waals surface area contributed by atoms with Gasteiger partial charge in [-0.25, -0.2) is 0 Å². The van der Waals surface area contributed by atoms with Gasteiger partial charge in [-0.05, 0) is 49.8 Å². The standard InChI is InChI=1S/C26H31N3O3/c1-19-9-7-13-22(26(32)28-14-5-6-15-28)24(19)27-25(31)21-12-8-16-29(18-21)23(30)17-20-10-3-2-4-11-20/h2-4,7,9-11,13,21H,5-6,8,12,14-18H2,1H3,(H,27,31). The van der Waals surface area contributed by atoms with Gasteiger partial charge in [-0.2, -0.15) is 0 Å². The van der Waals surface area contributed by atoms with Crippen molar-refractivity contribution < 1.29 is 14.4 Å². The largest absolute Gasteiger partial charge is 0.342 e. The van der Waals surface area contributed by atoms with Gasteiger partial charge in [0.05, 0.1) is 23.6 Å². The summed E-state index contributed by atoms with van der Waals surface area (Å²) in [5.41, 5.74) is 3.00. The summed E-state index contributed by atoms with van der Waals surface area (Å²) in [5, 5.41) is 3.04. The molecule has 2 aromatic rings. The molecule has 1 unspecified atom stereocenters. The molecular formula is C26H31N3O3. The van der Waals surface area contributed by atoms with Crippen LogP contribution in [-0.4, -0.2) is 53.7 Å². The van der Waals surface area contributed by atoms with E-state index in [2.05, 4.69) is 5.32 Å². The van der Waals surface area contributed by atoms with E-state index in [4.69, 9.17) is 0 Å². The van der Waals surface area contributed by atoms with Crippen molar-refractivity contribution in [2.24, 2.45) is 5.92 Å². The van der Waals surface area contributed by atoms with Gasteiger partial charge >= 0.3 is 0 Å². The maximum atomic E-state index is 13.2. The smallest absolute Gasteiger partial charge is 0.255 e. The minimum atomic E-state index is -0.280. The van der Waals surface area contributed by atoms with E-state index in [1.54, 1.807) is 11.0 Å². The second-order valence-electron chi connectivity index (χ2n) is 8.83. The second-order valence-corrected chi connectivity index (χ2v) is 8.83. The molecule has 1 atom stereocenters. The molecule has 6 nitrogen and oxygen atoms in total. The number of rotatable bonds is 5. The predicted molar refractivity (Wildman–Crippen MR) is 124 cm³/mol. The Hall–Kier alpha value is -3.15. The topological polar surface area (TPSA) is 69.7 Å². The van der Waals surface area contributed by atoms with Crippen molar-refractivity contribution in [2.45, 2.75) is 39.0 Å². The Kier molecular flexibility index (Phi) is 6.88. The lowest BCUT2D eigenvalue weighted by atomic mass is 9.95. The third-order valence-electron chi connectivity index (χ3n) is 6.49. The van der Waals surface area contributed by atoms with Crippen LogP contribution in [0.25, 0.3) is 0 Å². The maximum absolute atomic E-state index is 13.2. The summed E-state index contributed by atoms with van der Waals surface area (Å²) in [4.78, 5) is 42.6. The first-order chi connectivity index (χ1) is 15.5.